The molecule has 3 rings (SSSR count). The second-order valence-corrected chi connectivity index (χ2v) is 5.59. The molecule has 0 aliphatic carbocycles. The first-order valence-corrected chi connectivity index (χ1v) is 7.21. The van der Waals surface area contributed by atoms with E-state index in [1.165, 1.54) is 6.92 Å². The molecule has 2 heterocycles. The lowest BCUT2D eigenvalue weighted by molar-refractivity contribution is -0.145. The average molecular weight is 316 g/mol. The summed E-state index contributed by atoms with van der Waals surface area (Å²) in [5, 5.41) is 14.6. The van der Waals surface area contributed by atoms with Crippen LogP contribution in [0, 0.1) is 11.8 Å². The van der Waals surface area contributed by atoms with E-state index in [9.17, 15) is 19.5 Å². The van der Waals surface area contributed by atoms with E-state index >= 15 is 0 Å². The highest BCUT2D eigenvalue weighted by Crippen LogP contribution is 2.39. The summed E-state index contributed by atoms with van der Waals surface area (Å²) in [6, 6.07) is 6.66. The minimum atomic E-state index is -1.05. The maximum Gasteiger partial charge on any atom is 0.310 e. The number of carbonyl (C=O) groups is 3. The molecule has 0 aromatic heterocycles. The van der Waals surface area contributed by atoms with Crippen molar-refractivity contribution in [2.75, 3.05) is 10.6 Å². The van der Waals surface area contributed by atoms with Crippen molar-refractivity contribution in [2.24, 2.45) is 11.8 Å². The van der Waals surface area contributed by atoms with Crippen molar-refractivity contribution < 1.29 is 24.2 Å². The fourth-order valence-corrected chi connectivity index (χ4v) is 3.02. The number of carboxylic acids is 1. The number of anilines is 2. The van der Waals surface area contributed by atoms with Gasteiger partial charge in [-0.25, -0.2) is 0 Å². The van der Waals surface area contributed by atoms with E-state index in [1.54, 1.807) is 36.4 Å². The predicted octanol–water partition coefficient (Wildman–Crippen LogP) is 1.24. The quantitative estimate of drug-likeness (QED) is 0.725. The highest BCUT2D eigenvalue weighted by molar-refractivity contribution is 5.97. The van der Waals surface area contributed by atoms with Gasteiger partial charge in [-0.05, 0) is 18.2 Å². The Morgan fingerprint density at radius 1 is 1.04 bits per heavy atom. The van der Waals surface area contributed by atoms with Gasteiger partial charge in [0.05, 0.1) is 18.1 Å². The van der Waals surface area contributed by atoms with Crippen molar-refractivity contribution >= 4 is 29.2 Å². The fourth-order valence-electron chi connectivity index (χ4n) is 3.02. The number of aliphatic carboxylic acids is 1. The molecule has 7 nitrogen and oxygen atoms in total. The first-order chi connectivity index (χ1) is 11.0. The molecular weight excluding hydrogens is 300 g/mol. The zero-order valence-corrected chi connectivity index (χ0v) is 12.4. The number of nitrogens with one attached hydrogen (secondary N) is 2. The van der Waals surface area contributed by atoms with Crippen LogP contribution >= 0.6 is 0 Å². The van der Waals surface area contributed by atoms with E-state index in [2.05, 4.69) is 10.6 Å². The summed E-state index contributed by atoms with van der Waals surface area (Å²) in [4.78, 5) is 34.9. The number of rotatable bonds is 4. The third kappa shape index (κ3) is 2.95. The van der Waals surface area contributed by atoms with Crippen LogP contribution in [-0.2, 0) is 19.1 Å². The monoisotopic (exact) mass is 316 g/mol. The van der Waals surface area contributed by atoms with E-state index in [0.717, 1.165) is 0 Å². The Labute approximate surface area is 132 Å². The van der Waals surface area contributed by atoms with Crippen molar-refractivity contribution in [1.82, 2.24) is 0 Å². The molecule has 2 aliphatic heterocycles. The molecule has 1 fully saturated rings. The smallest absolute Gasteiger partial charge is 0.310 e. The number of benzene rings is 1. The van der Waals surface area contributed by atoms with Crippen molar-refractivity contribution in [3.63, 3.8) is 0 Å². The number of fused-ring (bicyclic) bond motifs is 2. The molecule has 3 N–H and O–H groups in total. The van der Waals surface area contributed by atoms with Crippen LogP contribution in [0.25, 0.3) is 0 Å². The first kappa shape index (κ1) is 15.2. The Morgan fingerprint density at radius 3 is 2.26 bits per heavy atom. The second-order valence-electron chi connectivity index (χ2n) is 5.59. The normalized spacial score (nSPS) is 27.7. The molecule has 1 aromatic carbocycles. The van der Waals surface area contributed by atoms with E-state index in [4.69, 9.17) is 4.74 Å². The predicted molar refractivity (Wildman–Crippen MR) is 81.8 cm³/mol. The van der Waals surface area contributed by atoms with Crippen LogP contribution in [0.4, 0.5) is 11.4 Å². The highest BCUT2D eigenvalue weighted by atomic mass is 16.5. The molecule has 7 heteroatoms. The van der Waals surface area contributed by atoms with Crippen LogP contribution in [0.3, 0.4) is 0 Å². The lowest BCUT2D eigenvalue weighted by Gasteiger charge is -2.21. The molecule has 2 bridgehead atoms. The van der Waals surface area contributed by atoms with Gasteiger partial charge in [-0.15, -0.1) is 0 Å². The third-order valence-corrected chi connectivity index (χ3v) is 3.94. The summed E-state index contributed by atoms with van der Waals surface area (Å²) in [6.07, 6.45) is 2.34. The molecule has 0 unspecified atom stereocenters. The molecule has 2 aliphatic rings. The zero-order chi connectivity index (χ0) is 16.6. The Kier molecular flexibility index (Phi) is 3.87. The number of hydrogen-bond donors (Lipinski definition) is 3. The van der Waals surface area contributed by atoms with Gasteiger partial charge in [0, 0.05) is 18.3 Å². The number of amides is 2. The van der Waals surface area contributed by atoms with Crippen LogP contribution in [-0.4, -0.2) is 35.1 Å². The molecule has 0 saturated carbocycles. The minimum absolute atomic E-state index is 0.217. The Balaban J connectivity index is 1.75. The van der Waals surface area contributed by atoms with Crippen LogP contribution in [0.5, 0.6) is 0 Å². The zero-order valence-electron chi connectivity index (χ0n) is 12.4. The first-order valence-electron chi connectivity index (χ1n) is 7.21. The second kappa shape index (κ2) is 5.85. The van der Waals surface area contributed by atoms with E-state index in [-0.39, 0.29) is 5.91 Å². The van der Waals surface area contributed by atoms with Gasteiger partial charge in [0.15, 0.2) is 0 Å². The van der Waals surface area contributed by atoms with E-state index < -0.39 is 35.9 Å². The minimum Gasteiger partial charge on any atom is -0.481 e. The summed E-state index contributed by atoms with van der Waals surface area (Å²) in [6.45, 7) is 1.39. The van der Waals surface area contributed by atoms with Gasteiger partial charge in [0.1, 0.15) is 5.92 Å². The number of carbonyl (C=O) groups excluding carboxylic acids is 2. The molecule has 2 amide bonds. The van der Waals surface area contributed by atoms with Gasteiger partial charge in [0.25, 0.3) is 0 Å². The van der Waals surface area contributed by atoms with Crippen LogP contribution < -0.4 is 10.6 Å². The van der Waals surface area contributed by atoms with Gasteiger partial charge >= 0.3 is 5.97 Å². The van der Waals surface area contributed by atoms with Crippen molar-refractivity contribution in [1.29, 1.82) is 0 Å². The van der Waals surface area contributed by atoms with Crippen LogP contribution in [0.1, 0.15) is 6.92 Å². The van der Waals surface area contributed by atoms with Gasteiger partial charge in [-0.2, -0.15) is 0 Å². The highest BCUT2D eigenvalue weighted by Gasteiger charge is 2.53. The van der Waals surface area contributed by atoms with E-state index in [1.807, 2.05) is 0 Å². The molecule has 0 radical (unpaired) electrons. The number of hydrogen-bond acceptors (Lipinski definition) is 4. The van der Waals surface area contributed by atoms with Gasteiger partial charge in [-0.3, -0.25) is 14.4 Å². The Bertz CT molecular complexity index is 699. The largest absolute Gasteiger partial charge is 0.481 e. The van der Waals surface area contributed by atoms with Crippen LogP contribution in [0.15, 0.2) is 36.4 Å². The lowest BCUT2D eigenvalue weighted by Crippen LogP contribution is -2.39. The van der Waals surface area contributed by atoms with Crippen molar-refractivity contribution in [2.45, 2.75) is 19.1 Å². The standard InChI is InChI=1S/C16H16N2O5/c1-8(19)17-9-3-2-4-10(7-9)18-15(20)13-11-5-6-12(23-11)14(13)16(21)22/h2-7,11-14H,1H3,(H,17,19)(H,18,20)(H,21,22)/t11-,12+,13-,14-/m0/s1. The summed E-state index contributed by atoms with van der Waals surface area (Å²) >= 11 is 0. The molecule has 0 spiro atoms. The van der Waals surface area contributed by atoms with Gasteiger partial charge in [0.2, 0.25) is 11.8 Å². The maximum absolute atomic E-state index is 12.5. The summed E-state index contributed by atoms with van der Waals surface area (Å²) in [5.41, 5.74) is 1.03. The number of carboxylic acid groups (broad SMARTS) is 1. The molecule has 4 atom stereocenters. The SMILES string of the molecule is CC(=O)Nc1cccc(NC(=O)[C@@H]2[C@@H](C(=O)O)[C@H]3C=C[C@@H]2O3)c1. The third-order valence-electron chi connectivity index (χ3n) is 3.94. The van der Waals surface area contributed by atoms with Crippen molar-refractivity contribution in [3.05, 3.63) is 36.4 Å². The molecule has 1 aromatic rings. The number of ether oxygens (including phenoxy) is 1. The van der Waals surface area contributed by atoms with Crippen molar-refractivity contribution in [3.8, 4) is 0 Å². The summed E-state index contributed by atoms with van der Waals surface area (Å²) < 4.78 is 5.48. The molecule has 120 valence electrons. The maximum atomic E-state index is 12.5. The molecule has 1 saturated heterocycles. The Morgan fingerprint density at radius 2 is 1.65 bits per heavy atom. The lowest BCUT2D eigenvalue weighted by atomic mass is 9.82. The Hall–Kier alpha value is -2.67. The van der Waals surface area contributed by atoms with Gasteiger partial charge < -0.3 is 20.5 Å². The fraction of sp³-hybridized carbons (Fsp3) is 0.312. The summed E-state index contributed by atoms with van der Waals surface area (Å²) in [5.74, 6) is -3.33. The van der Waals surface area contributed by atoms with E-state index in [0.29, 0.717) is 11.4 Å². The van der Waals surface area contributed by atoms with Gasteiger partial charge in [-0.1, -0.05) is 18.2 Å². The topological polar surface area (TPSA) is 105 Å². The summed E-state index contributed by atoms with van der Waals surface area (Å²) in [7, 11) is 0. The average Bonchev–Trinajstić information content (AvgIpc) is 3.07. The molecule has 23 heavy (non-hydrogen) atoms. The molecular formula is C16H16N2O5. The van der Waals surface area contributed by atoms with Crippen LogP contribution in [0.2, 0.25) is 0 Å².